The third-order valence-corrected chi connectivity index (χ3v) is 11.3. The minimum absolute atomic E-state index is 0.220. The zero-order chi connectivity index (χ0) is 25.4. The maximum Gasteiger partial charge on any atom is 0.252 e. The van der Waals surface area contributed by atoms with E-state index in [2.05, 4.69) is 19.8 Å². The summed E-state index contributed by atoms with van der Waals surface area (Å²) in [5.41, 5.74) is 7.45. The molecule has 2 saturated heterocycles. The maximum absolute atomic E-state index is 12.9. The molecule has 0 saturated carbocycles. The highest BCUT2D eigenvalue weighted by Gasteiger charge is 2.34. The van der Waals surface area contributed by atoms with Crippen molar-refractivity contribution in [3.05, 3.63) is 35.6 Å². The predicted molar refractivity (Wildman–Crippen MR) is 143 cm³/mol. The van der Waals surface area contributed by atoms with E-state index in [0.29, 0.717) is 54.7 Å². The molecule has 3 aliphatic rings. The van der Waals surface area contributed by atoms with Gasteiger partial charge in [-0.15, -0.1) is 23.1 Å². The van der Waals surface area contributed by atoms with E-state index in [4.69, 9.17) is 20.4 Å². The smallest absolute Gasteiger partial charge is 0.252 e. The first-order valence-electron chi connectivity index (χ1n) is 12.2. The molecule has 14 heteroatoms. The van der Waals surface area contributed by atoms with Gasteiger partial charge in [-0.3, -0.25) is 4.90 Å². The lowest BCUT2D eigenvalue weighted by Crippen LogP contribution is -2.49. The van der Waals surface area contributed by atoms with Crippen LogP contribution in [0.15, 0.2) is 39.0 Å². The molecule has 0 amide bonds. The van der Waals surface area contributed by atoms with Crippen molar-refractivity contribution >= 4 is 44.9 Å². The molecule has 11 nitrogen and oxygen atoms in total. The molecular formula is C23H28N8O3S3. The molecular weight excluding hydrogens is 533 g/mol. The number of anilines is 2. The molecule has 2 fully saturated rings. The van der Waals surface area contributed by atoms with Gasteiger partial charge < -0.3 is 15.4 Å². The van der Waals surface area contributed by atoms with Crippen LogP contribution >= 0.6 is 23.1 Å². The number of hydrogen-bond donors (Lipinski definition) is 1. The summed E-state index contributed by atoms with van der Waals surface area (Å²) in [6.07, 6.45) is 4.16. The number of thiophene rings is 1. The summed E-state index contributed by atoms with van der Waals surface area (Å²) in [6, 6.07) is 3.46. The van der Waals surface area contributed by atoms with Crippen molar-refractivity contribution < 1.29 is 13.2 Å². The van der Waals surface area contributed by atoms with Gasteiger partial charge >= 0.3 is 0 Å². The monoisotopic (exact) mass is 560 g/mol. The minimum Gasteiger partial charge on any atom is -0.378 e. The van der Waals surface area contributed by atoms with Crippen LogP contribution in [0.2, 0.25) is 0 Å². The molecule has 0 aromatic carbocycles. The summed E-state index contributed by atoms with van der Waals surface area (Å²) in [5, 5.41) is 2.13. The number of sulfonamides is 1. The van der Waals surface area contributed by atoms with Crippen LogP contribution in [0.5, 0.6) is 0 Å². The second-order valence-corrected chi connectivity index (χ2v) is 13.6. The largest absolute Gasteiger partial charge is 0.378 e. The number of rotatable bonds is 6. The molecule has 0 spiro atoms. The third-order valence-electron chi connectivity index (χ3n) is 6.75. The van der Waals surface area contributed by atoms with Gasteiger partial charge in [0, 0.05) is 69.9 Å². The van der Waals surface area contributed by atoms with E-state index in [0.717, 1.165) is 48.0 Å². The van der Waals surface area contributed by atoms with Crippen molar-refractivity contribution in [2.45, 2.75) is 20.8 Å². The molecule has 1 unspecified atom stereocenters. The Balaban J connectivity index is 1.17. The van der Waals surface area contributed by atoms with Crippen LogP contribution in [0.1, 0.15) is 5.69 Å². The Bertz CT molecular complexity index is 1340. The zero-order valence-corrected chi connectivity index (χ0v) is 22.6. The summed E-state index contributed by atoms with van der Waals surface area (Å²) in [6.45, 7) is 6.23. The van der Waals surface area contributed by atoms with Crippen molar-refractivity contribution in [1.29, 1.82) is 0 Å². The maximum atomic E-state index is 12.9. The van der Waals surface area contributed by atoms with Crippen LogP contribution in [-0.4, -0.2) is 102 Å². The molecule has 196 valence electrons. The van der Waals surface area contributed by atoms with Gasteiger partial charge in [0.05, 0.1) is 29.4 Å². The van der Waals surface area contributed by atoms with Gasteiger partial charge in [-0.2, -0.15) is 4.31 Å². The third kappa shape index (κ3) is 5.18. The number of thioether (sulfide) groups is 1. The first-order valence-corrected chi connectivity index (χ1v) is 15.4. The first kappa shape index (κ1) is 24.9. The number of piperazine rings is 1. The molecule has 3 aliphatic heterocycles. The summed E-state index contributed by atoms with van der Waals surface area (Å²) in [4.78, 5) is 23.9. The number of nitrogens with two attached hydrogens (primary N) is 1. The lowest BCUT2D eigenvalue weighted by atomic mass is 10.2. The van der Waals surface area contributed by atoms with E-state index < -0.39 is 10.0 Å². The van der Waals surface area contributed by atoms with Gasteiger partial charge in [0.25, 0.3) is 10.0 Å². The van der Waals surface area contributed by atoms with Crippen molar-refractivity contribution in [2.75, 3.05) is 69.7 Å². The number of fused-ring (bicyclic) bond motifs is 1. The van der Waals surface area contributed by atoms with Gasteiger partial charge in [0.2, 0.25) is 5.95 Å². The fourth-order valence-electron chi connectivity index (χ4n) is 4.82. The quantitative estimate of drug-likeness (QED) is 0.470. The fraction of sp³-hybridized carbons (Fsp3) is 0.478. The lowest BCUT2D eigenvalue weighted by Gasteiger charge is -2.34. The Hall–Kier alpha value is -2.36. The number of morpholine rings is 1. The summed E-state index contributed by atoms with van der Waals surface area (Å²) >= 11 is 3.10. The number of aromatic nitrogens is 4. The van der Waals surface area contributed by atoms with Crippen LogP contribution in [0, 0.1) is 0 Å². The Morgan fingerprint density at radius 1 is 1.05 bits per heavy atom. The summed E-state index contributed by atoms with van der Waals surface area (Å²) in [5.74, 6) is 1.77. The van der Waals surface area contributed by atoms with E-state index >= 15 is 0 Å². The van der Waals surface area contributed by atoms with E-state index in [1.54, 1.807) is 34.2 Å². The number of ether oxygens (including phenoxy) is 1. The van der Waals surface area contributed by atoms with Gasteiger partial charge in [0.1, 0.15) is 10.0 Å². The SMILES string of the molecule is Nc1ncc(-c2nc3c(c(N4CCOCC4)n2)SC(CN2CCN(S(=O)(=O)c4cccs4)CC2)C3)cn1. The van der Waals surface area contributed by atoms with Gasteiger partial charge in [-0.05, 0) is 11.4 Å². The highest BCUT2D eigenvalue weighted by atomic mass is 32.2. The number of nitrogens with zero attached hydrogens (tertiary/aromatic N) is 7. The molecule has 37 heavy (non-hydrogen) atoms. The molecule has 0 radical (unpaired) electrons. The highest BCUT2D eigenvalue weighted by molar-refractivity contribution is 8.00. The second kappa shape index (κ2) is 10.4. The van der Waals surface area contributed by atoms with Crippen LogP contribution in [0.25, 0.3) is 11.4 Å². The van der Waals surface area contributed by atoms with Gasteiger partial charge in [-0.1, -0.05) is 6.07 Å². The van der Waals surface area contributed by atoms with Crippen LogP contribution in [-0.2, 0) is 21.2 Å². The first-order chi connectivity index (χ1) is 18.0. The van der Waals surface area contributed by atoms with Crippen LogP contribution < -0.4 is 10.6 Å². The average Bonchev–Trinajstić information content (AvgIpc) is 3.60. The summed E-state index contributed by atoms with van der Waals surface area (Å²) < 4.78 is 33.3. The van der Waals surface area contributed by atoms with Crippen LogP contribution in [0.3, 0.4) is 0 Å². The topological polar surface area (TPSA) is 131 Å². The molecule has 3 aromatic heterocycles. The van der Waals surface area contributed by atoms with Crippen molar-refractivity contribution in [2.24, 2.45) is 0 Å². The molecule has 6 heterocycles. The van der Waals surface area contributed by atoms with Crippen molar-refractivity contribution in [3.8, 4) is 11.4 Å². The van der Waals surface area contributed by atoms with Gasteiger partial charge in [0.15, 0.2) is 5.82 Å². The Labute approximate surface area is 224 Å². The fourth-order valence-corrected chi connectivity index (χ4v) is 8.79. The van der Waals surface area contributed by atoms with Crippen molar-refractivity contribution in [3.63, 3.8) is 0 Å². The Morgan fingerprint density at radius 3 is 2.51 bits per heavy atom. The number of hydrogen-bond acceptors (Lipinski definition) is 12. The average molecular weight is 561 g/mol. The Morgan fingerprint density at radius 2 is 1.81 bits per heavy atom. The Kier molecular flexibility index (Phi) is 7.03. The van der Waals surface area contributed by atoms with E-state index in [1.165, 1.54) is 11.3 Å². The second-order valence-electron chi connectivity index (χ2n) is 9.16. The van der Waals surface area contributed by atoms with E-state index in [-0.39, 0.29) is 5.95 Å². The highest BCUT2D eigenvalue weighted by Crippen LogP contribution is 2.43. The van der Waals surface area contributed by atoms with Crippen LogP contribution in [0.4, 0.5) is 11.8 Å². The normalized spacial score (nSPS) is 21.3. The standard InChI is InChI=1S/C23H28N8O3S3/c24-23-25-13-16(14-26-23)21-27-18-12-17(36-20(18)22(28-21)30-7-9-34-10-8-30)15-29-3-5-31(6-4-29)37(32,33)19-2-1-11-35-19/h1-2,11,13-14,17H,3-10,12,15H2,(H2,24,25,26). The van der Waals surface area contributed by atoms with Gasteiger partial charge in [-0.25, -0.2) is 28.4 Å². The molecule has 2 N–H and O–H groups in total. The molecule has 1 atom stereocenters. The summed E-state index contributed by atoms with van der Waals surface area (Å²) in [7, 11) is -3.40. The molecule has 3 aromatic rings. The number of nitrogen functional groups attached to an aromatic ring is 1. The lowest BCUT2D eigenvalue weighted by molar-refractivity contribution is 0.122. The van der Waals surface area contributed by atoms with E-state index in [1.807, 2.05) is 11.8 Å². The molecule has 6 rings (SSSR count). The predicted octanol–water partition coefficient (Wildman–Crippen LogP) is 1.44. The molecule has 0 aliphatic carbocycles. The molecule has 0 bridgehead atoms. The van der Waals surface area contributed by atoms with Crippen molar-refractivity contribution in [1.82, 2.24) is 29.1 Å². The zero-order valence-electron chi connectivity index (χ0n) is 20.2. The minimum atomic E-state index is -3.40. The van der Waals surface area contributed by atoms with E-state index in [9.17, 15) is 8.42 Å².